The van der Waals surface area contributed by atoms with Gasteiger partial charge in [-0.3, -0.25) is 9.20 Å². The molecule has 0 atom stereocenters. The molecule has 0 spiro atoms. The van der Waals surface area contributed by atoms with E-state index in [-0.39, 0.29) is 11.8 Å². The highest BCUT2D eigenvalue weighted by atomic mass is 35.5. The highest BCUT2D eigenvalue weighted by Gasteiger charge is 2.29. The fourth-order valence-electron chi connectivity index (χ4n) is 4.57. The lowest BCUT2D eigenvalue weighted by molar-refractivity contribution is -0.125. The normalized spacial score (nSPS) is 19.4. The molecule has 0 saturated heterocycles. The van der Waals surface area contributed by atoms with E-state index in [2.05, 4.69) is 21.4 Å². The predicted molar refractivity (Wildman–Crippen MR) is 118 cm³/mol. The molecule has 154 valence electrons. The number of hydrogen-bond donors (Lipinski definition) is 2. The zero-order chi connectivity index (χ0) is 20.5. The summed E-state index contributed by atoms with van der Waals surface area (Å²) < 4.78 is 2.00. The van der Waals surface area contributed by atoms with Crippen LogP contribution in [0.5, 0.6) is 0 Å². The van der Waals surface area contributed by atoms with Crippen LogP contribution in [0.25, 0.3) is 16.6 Å². The Morgan fingerprint density at radius 3 is 2.67 bits per heavy atom. The Hall–Kier alpha value is -2.86. The SMILES string of the molecule is O=C(NCCc1ccc(Cl)cc1)C1CCC(c2ncn3cnc4[nH]ccc4c23)CC1. The van der Waals surface area contributed by atoms with Gasteiger partial charge in [-0.05, 0) is 55.9 Å². The molecule has 30 heavy (non-hydrogen) atoms. The molecule has 6 nitrogen and oxygen atoms in total. The predicted octanol–water partition coefficient (Wildman–Crippen LogP) is 4.50. The number of halogens is 1. The van der Waals surface area contributed by atoms with E-state index in [0.717, 1.165) is 59.4 Å². The molecule has 1 aliphatic carbocycles. The molecule has 1 saturated carbocycles. The van der Waals surface area contributed by atoms with Crippen molar-refractivity contribution in [3.8, 4) is 0 Å². The third-order valence-electron chi connectivity index (χ3n) is 6.22. The zero-order valence-corrected chi connectivity index (χ0v) is 17.4. The van der Waals surface area contributed by atoms with E-state index in [1.54, 1.807) is 0 Å². The van der Waals surface area contributed by atoms with Gasteiger partial charge in [0.15, 0.2) is 0 Å². The Balaban J connectivity index is 1.19. The Kier molecular flexibility index (Phi) is 5.17. The molecule has 1 aliphatic rings. The van der Waals surface area contributed by atoms with E-state index in [9.17, 15) is 4.79 Å². The third kappa shape index (κ3) is 3.67. The molecular weight excluding hydrogens is 398 g/mol. The summed E-state index contributed by atoms with van der Waals surface area (Å²) in [6.45, 7) is 0.657. The molecule has 0 bridgehead atoms. The summed E-state index contributed by atoms with van der Waals surface area (Å²) >= 11 is 5.92. The first-order chi connectivity index (χ1) is 14.7. The third-order valence-corrected chi connectivity index (χ3v) is 6.48. The number of nitrogens with zero attached hydrogens (tertiary/aromatic N) is 3. The van der Waals surface area contributed by atoms with Crippen LogP contribution in [-0.2, 0) is 11.2 Å². The Bertz CT molecular complexity index is 1170. The lowest BCUT2D eigenvalue weighted by Gasteiger charge is -2.27. The molecule has 0 unspecified atom stereocenters. The minimum Gasteiger partial charge on any atom is -0.356 e. The number of fused-ring (bicyclic) bond motifs is 3. The van der Waals surface area contributed by atoms with E-state index in [4.69, 9.17) is 16.6 Å². The van der Waals surface area contributed by atoms with Gasteiger partial charge in [-0.1, -0.05) is 23.7 Å². The zero-order valence-electron chi connectivity index (χ0n) is 16.6. The Labute approximate surface area is 179 Å². The monoisotopic (exact) mass is 421 g/mol. The van der Waals surface area contributed by atoms with Gasteiger partial charge >= 0.3 is 0 Å². The lowest BCUT2D eigenvalue weighted by atomic mass is 9.79. The van der Waals surface area contributed by atoms with Crippen LogP contribution in [0, 0.1) is 5.92 Å². The van der Waals surface area contributed by atoms with Crippen molar-refractivity contribution in [2.75, 3.05) is 6.54 Å². The van der Waals surface area contributed by atoms with Crippen LogP contribution in [0.4, 0.5) is 0 Å². The lowest BCUT2D eigenvalue weighted by Crippen LogP contribution is -2.34. The minimum absolute atomic E-state index is 0.0919. The van der Waals surface area contributed by atoms with Gasteiger partial charge < -0.3 is 10.3 Å². The number of hydrogen-bond acceptors (Lipinski definition) is 3. The van der Waals surface area contributed by atoms with Crippen LogP contribution >= 0.6 is 11.6 Å². The van der Waals surface area contributed by atoms with E-state index in [1.807, 2.05) is 47.5 Å². The van der Waals surface area contributed by atoms with Crippen LogP contribution in [0.1, 0.15) is 42.9 Å². The highest BCUT2D eigenvalue weighted by Crippen LogP contribution is 2.38. The summed E-state index contributed by atoms with van der Waals surface area (Å²) in [6, 6.07) is 9.84. The van der Waals surface area contributed by atoms with Gasteiger partial charge in [-0.25, -0.2) is 9.97 Å². The summed E-state index contributed by atoms with van der Waals surface area (Å²) in [5.74, 6) is 0.650. The number of carbonyl (C=O) groups excluding carboxylic acids is 1. The van der Waals surface area contributed by atoms with Gasteiger partial charge in [0, 0.05) is 35.0 Å². The number of aromatic nitrogens is 4. The topological polar surface area (TPSA) is 75.1 Å². The fourth-order valence-corrected chi connectivity index (χ4v) is 4.70. The number of rotatable bonds is 5. The highest BCUT2D eigenvalue weighted by molar-refractivity contribution is 6.30. The maximum Gasteiger partial charge on any atom is 0.223 e. The van der Waals surface area contributed by atoms with Crippen molar-refractivity contribution in [2.24, 2.45) is 5.92 Å². The molecule has 1 amide bonds. The second-order valence-corrected chi connectivity index (χ2v) is 8.52. The molecule has 2 N–H and O–H groups in total. The largest absolute Gasteiger partial charge is 0.356 e. The quantitative estimate of drug-likeness (QED) is 0.498. The maximum absolute atomic E-state index is 12.6. The van der Waals surface area contributed by atoms with Gasteiger partial charge in [-0.2, -0.15) is 0 Å². The van der Waals surface area contributed by atoms with Crippen LogP contribution in [0.3, 0.4) is 0 Å². The second-order valence-electron chi connectivity index (χ2n) is 8.09. The van der Waals surface area contributed by atoms with Crippen molar-refractivity contribution in [1.29, 1.82) is 0 Å². The number of H-pyrrole nitrogens is 1. The van der Waals surface area contributed by atoms with Crippen molar-refractivity contribution in [3.63, 3.8) is 0 Å². The maximum atomic E-state index is 12.6. The van der Waals surface area contributed by atoms with Crippen LogP contribution in [-0.4, -0.2) is 31.8 Å². The van der Waals surface area contributed by atoms with Crippen molar-refractivity contribution >= 4 is 34.1 Å². The average molecular weight is 422 g/mol. The number of benzene rings is 1. The molecular formula is C23H24ClN5O. The van der Waals surface area contributed by atoms with E-state index >= 15 is 0 Å². The van der Waals surface area contributed by atoms with Crippen LogP contribution in [0.2, 0.25) is 5.02 Å². The molecule has 0 radical (unpaired) electrons. The summed E-state index contributed by atoms with van der Waals surface area (Å²) in [4.78, 5) is 24.9. The molecule has 1 fully saturated rings. The molecule has 1 aromatic carbocycles. The fraction of sp³-hybridized carbons (Fsp3) is 0.348. The first-order valence-corrected chi connectivity index (χ1v) is 10.9. The smallest absolute Gasteiger partial charge is 0.223 e. The van der Waals surface area contributed by atoms with Crippen LogP contribution in [0.15, 0.2) is 49.2 Å². The van der Waals surface area contributed by atoms with Gasteiger partial charge in [-0.15, -0.1) is 0 Å². The van der Waals surface area contributed by atoms with Gasteiger partial charge in [0.25, 0.3) is 0 Å². The van der Waals surface area contributed by atoms with Gasteiger partial charge in [0.1, 0.15) is 18.3 Å². The number of imidazole rings is 1. The Morgan fingerprint density at radius 2 is 1.87 bits per heavy atom. The molecule has 7 heteroatoms. The summed E-state index contributed by atoms with van der Waals surface area (Å²) in [7, 11) is 0. The summed E-state index contributed by atoms with van der Waals surface area (Å²) in [5.41, 5.74) is 4.33. The number of carbonyl (C=O) groups is 1. The van der Waals surface area contributed by atoms with E-state index < -0.39 is 0 Å². The molecule has 5 rings (SSSR count). The van der Waals surface area contributed by atoms with E-state index in [1.165, 1.54) is 5.56 Å². The average Bonchev–Trinajstić information content (AvgIpc) is 3.41. The number of nitrogens with one attached hydrogen (secondary N) is 2. The second kappa shape index (κ2) is 8.11. The van der Waals surface area contributed by atoms with Gasteiger partial charge in [0.05, 0.1) is 11.2 Å². The van der Waals surface area contributed by atoms with E-state index in [0.29, 0.717) is 12.5 Å². The van der Waals surface area contributed by atoms with Crippen molar-refractivity contribution in [2.45, 2.75) is 38.0 Å². The molecule has 0 aliphatic heterocycles. The van der Waals surface area contributed by atoms with Crippen molar-refractivity contribution in [1.82, 2.24) is 24.7 Å². The Morgan fingerprint density at radius 1 is 1.10 bits per heavy atom. The summed E-state index contributed by atoms with van der Waals surface area (Å²) in [6.07, 6.45) is 10.2. The molecule has 3 heterocycles. The molecule has 3 aromatic heterocycles. The van der Waals surface area contributed by atoms with Crippen LogP contribution < -0.4 is 5.32 Å². The number of aromatic amines is 1. The minimum atomic E-state index is 0.0919. The first kappa shape index (κ1) is 19.1. The van der Waals surface area contributed by atoms with Gasteiger partial charge in [0.2, 0.25) is 5.91 Å². The standard InChI is InChI=1S/C23H24ClN5O/c24-18-7-1-15(2-8-18)9-11-26-23(30)17-5-3-16(4-6-17)20-21-19-10-12-25-22(19)28-14-29(21)13-27-20/h1-2,7-8,10,12-14,16-17,25H,3-6,9,11H2,(H,26,30). The number of amides is 1. The van der Waals surface area contributed by atoms with Crippen molar-refractivity contribution in [3.05, 3.63) is 65.5 Å². The molecule has 4 aromatic rings. The summed E-state index contributed by atoms with van der Waals surface area (Å²) in [5, 5.41) is 4.95. The van der Waals surface area contributed by atoms with Crippen molar-refractivity contribution < 1.29 is 4.79 Å². The first-order valence-electron chi connectivity index (χ1n) is 10.5.